The summed E-state index contributed by atoms with van der Waals surface area (Å²) in [6.45, 7) is 14.3. The molecule has 0 heterocycles. The highest BCUT2D eigenvalue weighted by Crippen LogP contribution is 2.61. The molecule has 2 rings (SSSR count). The van der Waals surface area contributed by atoms with Crippen LogP contribution in [-0.4, -0.2) is 6.29 Å². The molecule has 0 aromatic carbocycles. The van der Waals surface area contributed by atoms with Crippen molar-refractivity contribution in [2.45, 2.75) is 85.5 Å². The zero-order chi connectivity index (χ0) is 16.4. The Morgan fingerprint density at radius 2 is 2.00 bits per heavy atom. The topological polar surface area (TPSA) is 17.1 Å². The van der Waals surface area contributed by atoms with Gasteiger partial charge >= 0.3 is 0 Å². The molecule has 2 fully saturated rings. The Kier molecular flexibility index (Phi) is 5.56. The van der Waals surface area contributed by atoms with Gasteiger partial charge in [-0.25, -0.2) is 0 Å². The van der Waals surface area contributed by atoms with Gasteiger partial charge < -0.3 is 4.79 Å². The van der Waals surface area contributed by atoms with Crippen LogP contribution in [0.3, 0.4) is 0 Å². The molecule has 2 aliphatic rings. The van der Waals surface area contributed by atoms with Crippen molar-refractivity contribution in [2.75, 3.05) is 0 Å². The summed E-state index contributed by atoms with van der Waals surface area (Å²) in [6, 6.07) is 0. The quantitative estimate of drug-likeness (QED) is 0.423. The average molecular weight is 305 g/mol. The monoisotopic (exact) mass is 304 g/mol. The van der Waals surface area contributed by atoms with Gasteiger partial charge in [0.1, 0.15) is 6.29 Å². The number of hydrogen-bond acceptors (Lipinski definition) is 1. The minimum Gasteiger partial charge on any atom is -0.303 e. The Balaban J connectivity index is 2.07. The molecule has 0 aromatic rings. The van der Waals surface area contributed by atoms with E-state index in [0.717, 1.165) is 25.0 Å². The van der Waals surface area contributed by atoms with Crippen LogP contribution in [0.4, 0.5) is 0 Å². The molecule has 2 aliphatic carbocycles. The summed E-state index contributed by atoms with van der Waals surface area (Å²) in [5.41, 5.74) is 2.47. The smallest absolute Gasteiger partial charge is 0.120 e. The normalized spacial score (nSPS) is 35.7. The van der Waals surface area contributed by atoms with Gasteiger partial charge in [0, 0.05) is 6.42 Å². The van der Waals surface area contributed by atoms with E-state index in [1.54, 1.807) is 0 Å². The molecule has 1 heteroatoms. The Morgan fingerprint density at radius 3 is 2.68 bits per heavy atom. The van der Waals surface area contributed by atoms with E-state index in [-0.39, 0.29) is 0 Å². The molecule has 0 saturated heterocycles. The van der Waals surface area contributed by atoms with Crippen molar-refractivity contribution in [3.05, 3.63) is 12.2 Å². The maximum Gasteiger partial charge on any atom is 0.120 e. The van der Waals surface area contributed by atoms with Crippen molar-refractivity contribution in [3.8, 4) is 0 Å². The van der Waals surface area contributed by atoms with Gasteiger partial charge in [0.25, 0.3) is 0 Å². The predicted molar refractivity (Wildman–Crippen MR) is 94.8 cm³/mol. The number of aldehydes is 1. The van der Waals surface area contributed by atoms with Crippen LogP contribution in [0.15, 0.2) is 12.2 Å². The molecule has 0 spiro atoms. The van der Waals surface area contributed by atoms with E-state index in [1.165, 1.54) is 50.5 Å². The number of fused-ring (bicyclic) bond motifs is 1. The first-order valence-electron chi connectivity index (χ1n) is 9.42. The molecular formula is C21H36O. The highest BCUT2D eigenvalue weighted by atomic mass is 16.1. The third-order valence-electron chi connectivity index (χ3n) is 7.04. The Labute approximate surface area is 137 Å². The predicted octanol–water partition coefficient (Wildman–Crippen LogP) is 6.18. The molecule has 2 saturated carbocycles. The molecule has 0 amide bonds. The van der Waals surface area contributed by atoms with E-state index in [9.17, 15) is 4.79 Å². The summed E-state index contributed by atoms with van der Waals surface area (Å²) >= 11 is 0. The lowest BCUT2D eigenvalue weighted by molar-refractivity contribution is -0.108. The van der Waals surface area contributed by atoms with Gasteiger partial charge in [0.2, 0.25) is 0 Å². The van der Waals surface area contributed by atoms with Crippen LogP contribution >= 0.6 is 0 Å². The number of rotatable bonds is 6. The number of carbonyl (C=O) groups excluding carboxylic acids is 1. The van der Waals surface area contributed by atoms with Gasteiger partial charge in [-0.3, -0.25) is 0 Å². The zero-order valence-electron chi connectivity index (χ0n) is 15.3. The van der Waals surface area contributed by atoms with Crippen LogP contribution in [0.25, 0.3) is 0 Å². The van der Waals surface area contributed by atoms with Crippen molar-refractivity contribution in [1.29, 1.82) is 0 Å². The zero-order valence-corrected chi connectivity index (χ0v) is 15.3. The molecule has 4 unspecified atom stereocenters. The summed E-state index contributed by atoms with van der Waals surface area (Å²) in [4.78, 5) is 10.6. The second-order valence-corrected chi connectivity index (χ2v) is 9.08. The van der Waals surface area contributed by atoms with Crippen LogP contribution < -0.4 is 0 Å². The van der Waals surface area contributed by atoms with E-state index in [0.29, 0.717) is 22.7 Å². The first-order chi connectivity index (χ1) is 10.3. The van der Waals surface area contributed by atoms with E-state index < -0.39 is 0 Å². The number of allylic oxidation sites excluding steroid dienone is 1. The second-order valence-electron chi connectivity index (χ2n) is 9.08. The van der Waals surface area contributed by atoms with E-state index >= 15 is 0 Å². The molecule has 0 radical (unpaired) electrons. The van der Waals surface area contributed by atoms with E-state index in [2.05, 4.69) is 34.3 Å². The van der Waals surface area contributed by atoms with Crippen LogP contribution in [0.1, 0.15) is 85.5 Å². The van der Waals surface area contributed by atoms with Gasteiger partial charge in [-0.15, -0.1) is 0 Å². The van der Waals surface area contributed by atoms with Gasteiger partial charge in [-0.1, -0.05) is 52.7 Å². The molecule has 0 aliphatic heterocycles. The summed E-state index contributed by atoms with van der Waals surface area (Å²) < 4.78 is 0. The van der Waals surface area contributed by atoms with Crippen molar-refractivity contribution < 1.29 is 4.79 Å². The third kappa shape index (κ3) is 3.49. The highest BCUT2D eigenvalue weighted by Gasteiger charge is 2.52. The van der Waals surface area contributed by atoms with Crippen molar-refractivity contribution in [1.82, 2.24) is 0 Å². The average Bonchev–Trinajstić information content (AvgIpc) is 2.43. The van der Waals surface area contributed by atoms with Gasteiger partial charge in [0.05, 0.1) is 0 Å². The SMILES string of the molecule is C=C1CCC2C(C)(C)CCCC2(C)C1CCC(C)CCC=O. The Morgan fingerprint density at radius 1 is 1.27 bits per heavy atom. The molecule has 0 bridgehead atoms. The Hall–Kier alpha value is -0.590. The van der Waals surface area contributed by atoms with Crippen molar-refractivity contribution >= 4 is 6.29 Å². The first-order valence-corrected chi connectivity index (χ1v) is 9.42. The number of carbonyl (C=O) groups is 1. The first kappa shape index (κ1) is 17.8. The number of hydrogen-bond donors (Lipinski definition) is 0. The summed E-state index contributed by atoms with van der Waals surface area (Å²) in [5, 5.41) is 0. The molecule has 0 aromatic heterocycles. The maximum atomic E-state index is 10.6. The molecular weight excluding hydrogens is 268 g/mol. The van der Waals surface area contributed by atoms with Crippen LogP contribution in [0.5, 0.6) is 0 Å². The second kappa shape index (κ2) is 6.89. The molecule has 126 valence electrons. The lowest BCUT2D eigenvalue weighted by Gasteiger charge is -2.58. The molecule has 0 N–H and O–H groups in total. The molecule has 4 atom stereocenters. The fourth-order valence-electron chi connectivity index (χ4n) is 5.76. The standard InChI is InChI=1S/C21H36O/c1-16(8-6-15-22)9-11-18-17(2)10-12-19-20(3,4)13-7-14-21(18,19)5/h15-16,18-19H,2,6-14H2,1,3-5H3. The van der Waals surface area contributed by atoms with E-state index in [1.807, 2.05) is 0 Å². The molecule has 1 nitrogen and oxygen atoms in total. The van der Waals surface area contributed by atoms with Gasteiger partial charge in [-0.2, -0.15) is 0 Å². The van der Waals surface area contributed by atoms with Gasteiger partial charge in [-0.05, 0) is 67.1 Å². The lowest BCUT2D eigenvalue weighted by Crippen LogP contribution is -2.49. The fourth-order valence-corrected chi connectivity index (χ4v) is 5.76. The van der Waals surface area contributed by atoms with Crippen LogP contribution in [0, 0.1) is 28.6 Å². The summed E-state index contributed by atoms with van der Waals surface area (Å²) in [5.74, 6) is 2.22. The highest BCUT2D eigenvalue weighted by molar-refractivity contribution is 5.49. The maximum absolute atomic E-state index is 10.6. The lowest BCUT2D eigenvalue weighted by atomic mass is 9.47. The minimum atomic E-state index is 0.460. The van der Waals surface area contributed by atoms with E-state index in [4.69, 9.17) is 0 Å². The minimum absolute atomic E-state index is 0.460. The summed E-state index contributed by atoms with van der Waals surface area (Å²) in [6.07, 6.45) is 12.1. The third-order valence-corrected chi connectivity index (χ3v) is 7.04. The molecule has 22 heavy (non-hydrogen) atoms. The largest absolute Gasteiger partial charge is 0.303 e. The van der Waals surface area contributed by atoms with Crippen LogP contribution in [-0.2, 0) is 4.79 Å². The Bertz CT molecular complexity index is 408. The van der Waals surface area contributed by atoms with Gasteiger partial charge in [0.15, 0.2) is 0 Å². The van der Waals surface area contributed by atoms with Crippen molar-refractivity contribution in [3.63, 3.8) is 0 Å². The van der Waals surface area contributed by atoms with Crippen molar-refractivity contribution in [2.24, 2.45) is 28.6 Å². The van der Waals surface area contributed by atoms with Crippen LogP contribution in [0.2, 0.25) is 0 Å². The fraction of sp³-hybridized carbons (Fsp3) is 0.857. The summed E-state index contributed by atoms with van der Waals surface area (Å²) in [7, 11) is 0.